The molecule has 1 N–H and O–H groups in total. The van der Waals surface area contributed by atoms with Crippen LogP contribution in [0.3, 0.4) is 0 Å². The minimum Gasteiger partial charge on any atom is -0.392 e. The summed E-state index contributed by atoms with van der Waals surface area (Å²) in [4.78, 5) is 1.85. The third kappa shape index (κ3) is 2.87. The number of nitrogens with zero attached hydrogens (tertiary/aromatic N) is 2. The van der Waals surface area contributed by atoms with Crippen LogP contribution in [0.5, 0.6) is 0 Å². The molecule has 0 rings (SSSR count). The average molecular weight is 156 g/mol. The molecular formula is C8H16N2O. The standard InChI is InChI=1S/C8H16N2O/c1-6(5-9)10(4)7(2)8(3)11/h6-8,11H,1-4H3. The van der Waals surface area contributed by atoms with E-state index in [0.29, 0.717) is 0 Å². The molecule has 0 saturated carbocycles. The summed E-state index contributed by atoms with van der Waals surface area (Å²) in [5, 5.41) is 17.7. The Morgan fingerprint density at radius 2 is 1.82 bits per heavy atom. The van der Waals surface area contributed by atoms with Crippen molar-refractivity contribution in [1.82, 2.24) is 4.90 Å². The smallest absolute Gasteiger partial charge is 0.0950 e. The van der Waals surface area contributed by atoms with Crippen LogP contribution in [-0.2, 0) is 0 Å². The van der Waals surface area contributed by atoms with Gasteiger partial charge in [-0.05, 0) is 27.8 Å². The molecule has 3 heteroatoms. The van der Waals surface area contributed by atoms with Crippen LogP contribution < -0.4 is 0 Å². The second kappa shape index (κ2) is 4.32. The summed E-state index contributed by atoms with van der Waals surface area (Å²) < 4.78 is 0. The molecule has 3 atom stereocenters. The maximum Gasteiger partial charge on any atom is 0.0950 e. The lowest BCUT2D eigenvalue weighted by atomic mass is 10.1. The van der Waals surface area contributed by atoms with Crippen molar-refractivity contribution in [1.29, 1.82) is 5.26 Å². The number of rotatable bonds is 3. The Bertz CT molecular complexity index is 151. The number of aliphatic hydroxyl groups excluding tert-OH is 1. The molecule has 0 amide bonds. The lowest BCUT2D eigenvalue weighted by molar-refractivity contribution is 0.0775. The summed E-state index contributed by atoms with van der Waals surface area (Å²) in [6.07, 6.45) is -0.393. The van der Waals surface area contributed by atoms with E-state index in [2.05, 4.69) is 6.07 Å². The highest BCUT2D eigenvalue weighted by atomic mass is 16.3. The summed E-state index contributed by atoms with van der Waals surface area (Å²) in [7, 11) is 1.84. The molecule has 0 saturated heterocycles. The van der Waals surface area contributed by atoms with Crippen LogP contribution in [0.15, 0.2) is 0 Å². The Morgan fingerprint density at radius 1 is 1.36 bits per heavy atom. The molecule has 3 unspecified atom stereocenters. The summed E-state index contributed by atoms with van der Waals surface area (Å²) >= 11 is 0. The summed E-state index contributed by atoms with van der Waals surface area (Å²) in [5.41, 5.74) is 0. The molecule has 3 nitrogen and oxygen atoms in total. The van der Waals surface area contributed by atoms with Crippen molar-refractivity contribution in [2.24, 2.45) is 0 Å². The Balaban J connectivity index is 4.03. The SMILES string of the molecule is CC(O)C(C)N(C)C(C)C#N. The second-order valence-corrected chi connectivity index (χ2v) is 2.95. The van der Waals surface area contributed by atoms with Gasteiger partial charge in [-0.3, -0.25) is 4.90 Å². The van der Waals surface area contributed by atoms with Crippen molar-refractivity contribution in [3.8, 4) is 6.07 Å². The van der Waals surface area contributed by atoms with Gasteiger partial charge in [-0.1, -0.05) is 0 Å². The highest BCUT2D eigenvalue weighted by Gasteiger charge is 2.18. The maximum absolute atomic E-state index is 9.18. The first-order chi connectivity index (χ1) is 5.00. The van der Waals surface area contributed by atoms with Gasteiger partial charge in [-0.15, -0.1) is 0 Å². The van der Waals surface area contributed by atoms with E-state index in [1.807, 2.05) is 25.8 Å². The van der Waals surface area contributed by atoms with E-state index in [4.69, 9.17) is 5.26 Å². The Labute approximate surface area is 68.2 Å². The molecule has 0 spiro atoms. The minimum atomic E-state index is -0.393. The summed E-state index contributed by atoms with van der Waals surface area (Å²) in [6, 6.07) is 2.01. The van der Waals surface area contributed by atoms with Gasteiger partial charge in [-0.2, -0.15) is 5.26 Å². The van der Waals surface area contributed by atoms with Gasteiger partial charge in [0.2, 0.25) is 0 Å². The van der Waals surface area contributed by atoms with Gasteiger partial charge < -0.3 is 5.11 Å². The normalized spacial score (nSPS) is 19.0. The fourth-order valence-electron chi connectivity index (χ4n) is 0.784. The highest BCUT2D eigenvalue weighted by Crippen LogP contribution is 2.04. The summed E-state index contributed by atoms with van der Waals surface area (Å²) in [6.45, 7) is 5.45. The molecule has 0 radical (unpaired) electrons. The van der Waals surface area contributed by atoms with Crippen molar-refractivity contribution in [3.05, 3.63) is 0 Å². The van der Waals surface area contributed by atoms with Crippen LogP contribution in [0.2, 0.25) is 0 Å². The van der Waals surface area contributed by atoms with Gasteiger partial charge in [0.1, 0.15) is 0 Å². The lowest BCUT2D eigenvalue weighted by Gasteiger charge is -2.28. The van der Waals surface area contributed by atoms with Crippen LogP contribution in [0.4, 0.5) is 0 Å². The number of hydrogen-bond donors (Lipinski definition) is 1. The zero-order valence-electron chi connectivity index (χ0n) is 7.57. The molecular weight excluding hydrogens is 140 g/mol. The van der Waals surface area contributed by atoms with Crippen molar-refractivity contribution >= 4 is 0 Å². The van der Waals surface area contributed by atoms with Crippen LogP contribution in [0, 0.1) is 11.3 Å². The molecule has 0 aliphatic heterocycles. The molecule has 64 valence electrons. The molecule has 0 aliphatic carbocycles. The van der Waals surface area contributed by atoms with Crippen LogP contribution in [0.1, 0.15) is 20.8 Å². The Hall–Kier alpha value is -0.590. The number of aliphatic hydroxyl groups is 1. The second-order valence-electron chi connectivity index (χ2n) is 2.95. The molecule has 0 aromatic heterocycles. The fraction of sp³-hybridized carbons (Fsp3) is 0.875. The number of likely N-dealkylation sites (N-methyl/N-ethyl adjacent to an activating group) is 1. The quantitative estimate of drug-likeness (QED) is 0.651. The van der Waals surface area contributed by atoms with Crippen molar-refractivity contribution < 1.29 is 5.11 Å². The zero-order chi connectivity index (χ0) is 9.02. The first-order valence-corrected chi connectivity index (χ1v) is 3.80. The predicted molar refractivity (Wildman–Crippen MR) is 44.0 cm³/mol. The topological polar surface area (TPSA) is 47.3 Å². The molecule has 0 aliphatic rings. The van der Waals surface area contributed by atoms with E-state index in [1.54, 1.807) is 6.92 Å². The Morgan fingerprint density at radius 3 is 2.09 bits per heavy atom. The predicted octanol–water partition coefficient (Wildman–Crippen LogP) is 0.600. The van der Waals surface area contributed by atoms with Gasteiger partial charge in [0, 0.05) is 6.04 Å². The van der Waals surface area contributed by atoms with Crippen LogP contribution >= 0.6 is 0 Å². The van der Waals surface area contributed by atoms with E-state index in [9.17, 15) is 5.11 Å². The van der Waals surface area contributed by atoms with E-state index in [1.165, 1.54) is 0 Å². The van der Waals surface area contributed by atoms with Crippen LogP contribution in [-0.4, -0.2) is 35.2 Å². The first kappa shape index (κ1) is 10.4. The van der Waals surface area contributed by atoms with E-state index < -0.39 is 6.10 Å². The van der Waals surface area contributed by atoms with E-state index in [0.717, 1.165) is 0 Å². The fourth-order valence-corrected chi connectivity index (χ4v) is 0.784. The van der Waals surface area contributed by atoms with Gasteiger partial charge in [0.25, 0.3) is 0 Å². The third-order valence-corrected chi connectivity index (χ3v) is 2.14. The van der Waals surface area contributed by atoms with Gasteiger partial charge >= 0.3 is 0 Å². The van der Waals surface area contributed by atoms with Gasteiger partial charge in [0.05, 0.1) is 18.2 Å². The largest absolute Gasteiger partial charge is 0.392 e. The van der Waals surface area contributed by atoms with Gasteiger partial charge in [0.15, 0.2) is 0 Å². The Kier molecular flexibility index (Phi) is 4.09. The molecule has 0 aromatic rings. The molecule has 0 bridgehead atoms. The molecule has 11 heavy (non-hydrogen) atoms. The zero-order valence-corrected chi connectivity index (χ0v) is 7.57. The highest BCUT2D eigenvalue weighted by molar-refractivity contribution is 4.89. The third-order valence-electron chi connectivity index (χ3n) is 2.14. The molecule has 0 fully saturated rings. The summed E-state index contributed by atoms with van der Waals surface area (Å²) in [5.74, 6) is 0. The van der Waals surface area contributed by atoms with Crippen LogP contribution in [0.25, 0.3) is 0 Å². The van der Waals surface area contributed by atoms with E-state index >= 15 is 0 Å². The number of nitriles is 1. The lowest BCUT2D eigenvalue weighted by Crippen LogP contribution is -2.42. The monoisotopic (exact) mass is 156 g/mol. The molecule has 0 heterocycles. The number of hydrogen-bond acceptors (Lipinski definition) is 3. The van der Waals surface area contributed by atoms with Crippen molar-refractivity contribution in [3.63, 3.8) is 0 Å². The average Bonchev–Trinajstić information content (AvgIpc) is 2.00. The molecule has 0 aromatic carbocycles. The van der Waals surface area contributed by atoms with Crippen molar-refractivity contribution in [2.45, 2.75) is 39.0 Å². The minimum absolute atomic E-state index is 0.0321. The maximum atomic E-state index is 9.18. The van der Waals surface area contributed by atoms with E-state index in [-0.39, 0.29) is 12.1 Å². The van der Waals surface area contributed by atoms with Crippen molar-refractivity contribution in [2.75, 3.05) is 7.05 Å². The first-order valence-electron chi connectivity index (χ1n) is 3.80. The van der Waals surface area contributed by atoms with Gasteiger partial charge in [-0.25, -0.2) is 0 Å².